The van der Waals surface area contributed by atoms with Crippen LogP contribution in [0.25, 0.3) is 0 Å². The quantitative estimate of drug-likeness (QED) is 0.329. The first kappa shape index (κ1) is 11.4. The standard InChI is InChI=1S/C7H11N3O3/c1-4-12-7(11)6(5-8)9-13-10(2)3/h4H2,1-3H3/p+1. The molecule has 0 spiro atoms. The maximum Gasteiger partial charge on any atom is 0.371 e. The molecule has 0 unspecified atom stereocenters. The van der Waals surface area contributed by atoms with Crippen molar-refractivity contribution >= 4 is 11.7 Å². The van der Waals surface area contributed by atoms with Crippen LogP contribution in [0.5, 0.6) is 0 Å². The Balaban J connectivity index is 4.26. The SMILES string of the molecule is CCOC(=O)C(C#N)=NO[NH+](C)C. The first-order valence-corrected chi connectivity index (χ1v) is 3.74. The number of hydrogen-bond donors (Lipinski definition) is 1. The molecule has 0 saturated heterocycles. The first-order valence-electron chi connectivity index (χ1n) is 3.74. The van der Waals surface area contributed by atoms with E-state index in [1.165, 1.54) is 0 Å². The maximum absolute atomic E-state index is 10.9. The van der Waals surface area contributed by atoms with Gasteiger partial charge >= 0.3 is 5.97 Å². The van der Waals surface area contributed by atoms with Gasteiger partial charge in [0.2, 0.25) is 0 Å². The van der Waals surface area contributed by atoms with Crippen LogP contribution in [-0.4, -0.2) is 32.4 Å². The molecule has 72 valence electrons. The van der Waals surface area contributed by atoms with Gasteiger partial charge in [0.15, 0.2) is 0 Å². The average molecular weight is 186 g/mol. The van der Waals surface area contributed by atoms with Gasteiger partial charge in [0, 0.05) is 0 Å². The largest absolute Gasteiger partial charge is 0.461 e. The van der Waals surface area contributed by atoms with E-state index in [1.54, 1.807) is 27.1 Å². The van der Waals surface area contributed by atoms with Crippen molar-refractivity contribution < 1.29 is 19.5 Å². The van der Waals surface area contributed by atoms with Crippen molar-refractivity contribution in [2.45, 2.75) is 6.92 Å². The third-order valence-corrected chi connectivity index (χ3v) is 0.894. The number of oxime groups is 1. The Morgan fingerprint density at radius 3 is 2.62 bits per heavy atom. The summed E-state index contributed by atoms with van der Waals surface area (Å²) >= 11 is 0. The van der Waals surface area contributed by atoms with Crippen LogP contribution in [0.1, 0.15) is 6.92 Å². The number of nitrogens with zero attached hydrogens (tertiary/aromatic N) is 2. The van der Waals surface area contributed by atoms with E-state index in [2.05, 4.69) is 14.8 Å². The molecule has 0 atom stereocenters. The Bertz CT molecular complexity index is 242. The summed E-state index contributed by atoms with van der Waals surface area (Å²) in [5, 5.41) is 12.3. The fourth-order valence-electron chi connectivity index (χ4n) is 0.440. The summed E-state index contributed by atoms with van der Waals surface area (Å²) in [4.78, 5) is 15.6. The molecule has 0 aromatic heterocycles. The van der Waals surface area contributed by atoms with Gasteiger partial charge in [0.1, 0.15) is 20.2 Å². The summed E-state index contributed by atoms with van der Waals surface area (Å²) in [7, 11) is 3.31. The van der Waals surface area contributed by atoms with Crippen molar-refractivity contribution in [1.82, 2.24) is 0 Å². The summed E-state index contributed by atoms with van der Waals surface area (Å²) in [6.45, 7) is 1.85. The van der Waals surface area contributed by atoms with E-state index >= 15 is 0 Å². The van der Waals surface area contributed by atoms with Crippen molar-refractivity contribution in [1.29, 1.82) is 5.26 Å². The number of carbonyl (C=O) groups excluding carboxylic acids is 1. The fourth-order valence-corrected chi connectivity index (χ4v) is 0.440. The van der Waals surface area contributed by atoms with Gasteiger partial charge in [-0.05, 0) is 12.1 Å². The highest BCUT2D eigenvalue weighted by Gasteiger charge is 2.13. The number of rotatable bonds is 4. The molecule has 0 aliphatic rings. The molecule has 0 saturated carbocycles. The third kappa shape index (κ3) is 4.76. The normalized spacial score (nSPS) is 10.8. The molecule has 6 nitrogen and oxygen atoms in total. The van der Waals surface area contributed by atoms with Gasteiger partial charge in [0.25, 0.3) is 5.71 Å². The van der Waals surface area contributed by atoms with E-state index in [0.717, 1.165) is 0 Å². The zero-order valence-electron chi connectivity index (χ0n) is 7.83. The van der Waals surface area contributed by atoms with Gasteiger partial charge in [-0.1, -0.05) is 0 Å². The lowest BCUT2D eigenvalue weighted by Crippen LogP contribution is -3.04. The number of nitriles is 1. The first-order chi connectivity index (χ1) is 6.11. The highest BCUT2D eigenvalue weighted by molar-refractivity contribution is 6.42. The number of hydrogen-bond acceptors (Lipinski definition) is 5. The zero-order valence-corrected chi connectivity index (χ0v) is 7.83. The van der Waals surface area contributed by atoms with Crippen LogP contribution in [-0.2, 0) is 14.5 Å². The number of hydroxylamine groups is 2. The van der Waals surface area contributed by atoms with E-state index in [9.17, 15) is 4.79 Å². The Morgan fingerprint density at radius 2 is 2.23 bits per heavy atom. The number of esters is 1. The molecule has 0 amide bonds. The van der Waals surface area contributed by atoms with Crippen molar-refractivity contribution in [3.8, 4) is 6.07 Å². The predicted octanol–water partition coefficient (Wildman–Crippen LogP) is -1.49. The molecule has 6 heteroatoms. The Labute approximate surface area is 76.3 Å². The van der Waals surface area contributed by atoms with Crippen LogP contribution in [0.15, 0.2) is 5.16 Å². The number of nitrogens with one attached hydrogen (secondary N) is 1. The minimum atomic E-state index is -0.772. The topological polar surface area (TPSA) is 76.1 Å². The summed E-state index contributed by atoms with van der Waals surface area (Å²) in [6, 6.07) is 1.58. The van der Waals surface area contributed by atoms with E-state index in [0.29, 0.717) is 5.06 Å². The molecule has 0 heterocycles. The van der Waals surface area contributed by atoms with Crippen molar-refractivity contribution in [3.05, 3.63) is 0 Å². The smallest absolute Gasteiger partial charge is 0.371 e. The average Bonchev–Trinajstić information content (AvgIpc) is 2.05. The highest BCUT2D eigenvalue weighted by Crippen LogP contribution is 1.83. The van der Waals surface area contributed by atoms with E-state index in [-0.39, 0.29) is 12.3 Å². The minimum absolute atomic E-state index is 0.203. The highest BCUT2D eigenvalue weighted by atomic mass is 16.8. The fraction of sp³-hybridized carbons (Fsp3) is 0.571. The molecule has 0 radical (unpaired) electrons. The van der Waals surface area contributed by atoms with Gasteiger partial charge in [-0.15, -0.1) is 5.06 Å². The molecule has 0 bridgehead atoms. The van der Waals surface area contributed by atoms with Crippen molar-refractivity contribution in [2.75, 3.05) is 20.7 Å². The lowest BCUT2D eigenvalue weighted by atomic mass is 10.4. The van der Waals surface area contributed by atoms with E-state index in [1.807, 2.05) is 0 Å². The molecule has 0 aliphatic carbocycles. The molecule has 0 aromatic rings. The van der Waals surface area contributed by atoms with E-state index < -0.39 is 5.97 Å². The lowest BCUT2D eigenvalue weighted by Gasteiger charge is -2.01. The van der Waals surface area contributed by atoms with Crippen LogP contribution < -0.4 is 5.06 Å². The second kappa shape index (κ2) is 5.97. The van der Waals surface area contributed by atoms with Crippen LogP contribution in [0.2, 0.25) is 0 Å². The number of quaternary nitrogens is 1. The van der Waals surface area contributed by atoms with Gasteiger partial charge in [-0.3, -0.25) is 0 Å². The predicted molar refractivity (Wildman–Crippen MR) is 43.6 cm³/mol. The van der Waals surface area contributed by atoms with Gasteiger partial charge in [-0.25, -0.2) is 4.79 Å². The number of ether oxygens (including phenoxy) is 1. The molecule has 0 rings (SSSR count). The van der Waals surface area contributed by atoms with Crippen LogP contribution in [0, 0.1) is 11.3 Å². The zero-order chi connectivity index (χ0) is 10.3. The molecule has 1 N–H and O–H groups in total. The molecular formula is C7H12N3O3+. The van der Waals surface area contributed by atoms with Crippen LogP contribution in [0.4, 0.5) is 0 Å². The summed E-state index contributed by atoms with van der Waals surface area (Å²) in [5.41, 5.74) is -0.386. The van der Waals surface area contributed by atoms with Gasteiger partial charge in [-0.2, -0.15) is 10.2 Å². The number of carbonyl (C=O) groups is 1. The van der Waals surface area contributed by atoms with Crippen molar-refractivity contribution in [3.63, 3.8) is 0 Å². The van der Waals surface area contributed by atoms with Crippen LogP contribution >= 0.6 is 0 Å². The summed E-state index contributed by atoms with van der Waals surface area (Å²) in [5.74, 6) is -0.772. The second-order valence-corrected chi connectivity index (χ2v) is 2.27. The van der Waals surface area contributed by atoms with Crippen LogP contribution in [0.3, 0.4) is 0 Å². The third-order valence-electron chi connectivity index (χ3n) is 0.894. The Kier molecular flexibility index (Phi) is 5.23. The summed E-state index contributed by atoms with van der Waals surface area (Å²) in [6.07, 6.45) is 0. The van der Waals surface area contributed by atoms with Gasteiger partial charge in [0.05, 0.1) is 6.61 Å². The second-order valence-electron chi connectivity index (χ2n) is 2.27. The Hall–Kier alpha value is -1.61. The maximum atomic E-state index is 10.9. The lowest BCUT2D eigenvalue weighted by molar-refractivity contribution is -1.06. The van der Waals surface area contributed by atoms with Gasteiger partial charge < -0.3 is 4.74 Å². The molecule has 0 aliphatic heterocycles. The Morgan fingerprint density at radius 1 is 1.62 bits per heavy atom. The molecule has 0 aromatic carbocycles. The summed E-state index contributed by atoms with van der Waals surface area (Å²) < 4.78 is 4.55. The minimum Gasteiger partial charge on any atom is -0.461 e. The van der Waals surface area contributed by atoms with Crippen molar-refractivity contribution in [2.24, 2.45) is 5.16 Å². The van der Waals surface area contributed by atoms with E-state index in [4.69, 9.17) is 5.26 Å². The molecule has 0 fully saturated rings. The molecule has 13 heavy (non-hydrogen) atoms. The molecular weight excluding hydrogens is 174 g/mol. The monoisotopic (exact) mass is 186 g/mol.